The third-order valence-corrected chi connectivity index (χ3v) is 5.49. The second kappa shape index (κ2) is 7.16. The fraction of sp³-hybridized carbons (Fsp3) is 0.400. The van der Waals surface area contributed by atoms with Crippen LogP contribution in [0.5, 0.6) is 11.5 Å². The minimum Gasteiger partial charge on any atom is -0.486 e. The molecule has 6 heteroatoms. The van der Waals surface area contributed by atoms with Crippen LogP contribution < -0.4 is 14.8 Å². The molecule has 2 aliphatic rings. The number of aromatic nitrogens is 1. The van der Waals surface area contributed by atoms with Gasteiger partial charge in [-0.1, -0.05) is 30.5 Å². The van der Waals surface area contributed by atoms with Crippen molar-refractivity contribution in [3.05, 3.63) is 52.8 Å². The molecule has 0 atom stereocenters. The van der Waals surface area contributed by atoms with E-state index in [1.807, 2.05) is 6.07 Å². The standard InChI is InChI=1S/C20H21ClN2O3/c21-15-5-8-22-16(12-15)19(24)23-13-20(6-1-2-7-20)14-3-4-17-18(11-14)26-10-9-25-17/h3-5,8,11-12H,1-2,6-7,9-10,13H2,(H,23,24). The summed E-state index contributed by atoms with van der Waals surface area (Å²) in [7, 11) is 0. The van der Waals surface area contributed by atoms with Gasteiger partial charge in [0.2, 0.25) is 0 Å². The van der Waals surface area contributed by atoms with Crippen LogP contribution in [0.3, 0.4) is 0 Å². The van der Waals surface area contributed by atoms with Crippen molar-refractivity contribution in [3.8, 4) is 11.5 Å². The number of benzene rings is 1. The van der Waals surface area contributed by atoms with Crippen LogP contribution in [0.15, 0.2) is 36.5 Å². The summed E-state index contributed by atoms with van der Waals surface area (Å²) in [4.78, 5) is 16.6. The first-order chi connectivity index (χ1) is 12.7. The van der Waals surface area contributed by atoms with E-state index in [0.29, 0.717) is 30.5 Å². The van der Waals surface area contributed by atoms with Crippen LogP contribution in [0.2, 0.25) is 5.02 Å². The van der Waals surface area contributed by atoms with Gasteiger partial charge in [-0.05, 0) is 42.7 Å². The molecule has 4 rings (SSSR count). The quantitative estimate of drug-likeness (QED) is 0.887. The molecule has 1 amide bonds. The molecule has 2 heterocycles. The Morgan fingerprint density at radius 2 is 1.88 bits per heavy atom. The maximum atomic E-state index is 12.5. The van der Waals surface area contributed by atoms with Crippen LogP contribution in [-0.4, -0.2) is 30.6 Å². The molecule has 1 aliphatic carbocycles. The molecule has 1 fully saturated rings. The smallest absolute Gasteiger partial charge is 0.269 e. The van der Waals surface area contributed by atoms with E-state index in [1.165, 1.54) is 5.56 Å². The molecule has 0 spiro atoms. The van der Waals surface area contributed by atoms with Gasteiger partial charge in [-0.2, -0.15) is 0 Å². The fourth-order valence-corrected chi connectivity index (χ4v) is 4.02. The molecule has 136 valence electrons. The predicted octanol–water partition coefficient (Wildman–Crippen LogP) is 3.75. The molecule has 1 aliphatic heterocycles. The van der Waals surface area contributed by atoms with Gasteiger partial charge >= 0.3 is 0 Å². The van der Waals surface area contributed by atoms with Crippen LogP contribution in [-0.2, 0) is 5.41 Å². The van der Waals surface area contributed by atoms with E-state index in [-0.39, 0.29) is 11.3 Å². The summed E-state index contributed by atoms with van der Waals surface area (Å²) in [6, 6.07) is 9.39. The number of fused-ring (bicyclic) bond motifs is 1. The van der Waals surface area contributed by atoms with Crippen LogP contribution in [0.1, 0.15) is 41.7 Å². The zero-order valence-corrected chi connectivity index (χ0v) is 15.2. The number of carbonyl (C=O) groups is 1. The second-order valence-electron chi connectivity index (χ2n) is 6.89. The molecule has 0 unspecified atom stereocenters. The van der Waals surface area contributed by atoms with E-state index in [9.17, 15) is 4.79 Å². The Kier molecular flexibility index (Phi) is 4.72. The zero-order valence-electron chi connectivity index (χ0n) is 14.5. The number of hydrogen-bond acceptors (Lipinski definition) is 4. The van der Waals surface area contributed by atoms with Crippen molar-refractivity contribution in [1.29, 1.82) is 0 Å². The van der Waals surface area contributed by atoms with Crippen molar-refractivity contribution in [2.24, 2.45) is 0 Å². The molecule has 2 aromatic rings. The Labute approximate surface area is 157 Å². The van der Waals surface area contributed by atoms with Gasteiger partial charge in [-0.25, -0.2) is 0 Å². The predicted molar refractivity (Wildman–Crippen MR) is 99.2 cm³/mol. The summed E-state index contributed by atoms with van der Waals surface area (Å²) < 4.78 is 11.4. The molecule has 1 N–H and O–H groups in total. The van der Waals surface area contributed by atoms with E-state index in [4.69, 9.17) is 21.1 Å². The number of hydrogen-bond donors (Lipinski definition) is 1. The van der Waals surface area contributed by atoms with Gasteiger partial charge in [-0.3, -0.25) is 9.78 Å². The molecule has 1 aromatic carbocycles. The van der Waals surface area contributed by atoms with Crippen LogP contribution >= 0.6 is 11.6 Å². The van der Waals surface area contributed by atoms with Gasteiger partial charge < -0.3 is 14.8 Å². The molecule has 5 nitrogen and oxygen atoms in total. The van der Waals surface area contributed by atoms with Crippen molar-refractivity contribution in [2.45, 2.75) is 31.1 Å². The third-order valence-electron chi connectivity index (χ3n) is 5.26. The van der Waals surface area contributed by atoms with Crippen molar-refractivity contribution < 1.29 is 14.3 Å². The lowest BCUT2D eigenvalue weighted by Gasteiger charge is -2.31. The van der Waals surface area contributed by atoms with Gasteiger partial charge in [0.25, 0.3) is 5.91 Å². The molecule has 1 aromatic heterocycles. The Balaban J connectivity index is 1.54. The van der Waals surface area contributed by atoms with Crippen LogP contribution in [0.25, 0.3) is 0 Å². The topological polar surface area (TPSA) is 60.5 Å². The highest BCUT2D eigenvalue weighted by molar-refractivity contribution is 6.30. The monoisotopic (exact) mass is 372 g/mol. The van der Waals surface area contributed by atoms with Crippen LogP contribution in [0, 0.1) is 0 Å². The van der Waals surface area contributed by atoms with E-state index in [2.05, 4.69) is 22.4 Å². The van der Waals surface area contributed by atoms with Crippen molar-refractivity contribution in [3.63, 3.8) is 0 Å². The van der Waals surface area contributed by atoms with Crippen molar-refractivity contribution >= 4 is 17.5 Å². The summed E-state index contributed by atoms with van der Waals surface area (Å²) in [5, 5.41) is 3.56. The SMILES string of the molecule is O=C(NCC1(c2ccc3c(c2)OCCO3)CCCC1)c1cc(Cl)ccn1. The molecule has 1 saturated carbocycles. The number of carbonyl (C=O) groups excluding carboxylic acids is 1. The maximum Gasteiger partial charge on any atom is 0.269 e. The Morgan fingerprint density at radius 3 is 2.65 bits per heavy atom. The summed E-state index contributed by atoms with van der Waals surface area (Å²) in [6.07, 6.45) is 5.93. The Morgan fingerprint density at radius 1 is 1.12 bits per heavy atom. The highest BCUT2D eigenvalue weighted by Crippen LogP contribution is 2.43. The van der Waals surface area contributed by atoms with Crippen molar-refractivity contribution in [1.82, 2.24) is 10.3 Å². The van der Waals surface area contributed by atoms with E-state index in [0.717, 1.165) is 37.2 Å². The molecule has 26 heavy (non-hydrogen) atoms. The number of nitrogens with one attached hydrogen (secondary N) is 1. The highest BCUT2D eigenvalue weighted by atomic mass is 35.5. The molecular weight excluding hydrogens is 352 g/mol. The number of rotatable bonds is 4. The summed E-state index contributed by atoms with van der Waals surface area (Å²) in [6.45, 7) is 1.72. The summed E-state index contributed by atoms with van der Waals surface area (Å²) in [5.74, 6) is 1.39. The van der Waals surface area contributed by atoms with Gasteiger partial charge in [0.15, 0.2) is 11.5 Å². The summed E-state index contributed by atoms with van der Waals surface area (Å²) >= 11 is 5.96. The normalized spacial score (nSPS) is 17.7. The molecule has 0 saturated heterocycles. The minimum absolute atomic E-state index is 0.0793. The number of ether oxygens (including phenoxy) is 2. The van der Waals surface area contributed by atoms with Crippen molar-refractivity contribution in [2.75, 3.05) is 19.8 Å². The average molecular weight is 373 g/mol. The largest absolute Gasteiger partial charge is 0.486 e. The second-order valence-corrected chi connectivity index (χ2v) is 7.32. The lowest BCUT2D eigenvalue weighted by molar-refractivity contribution is 0.0938. The summed E-state index contributed by atoms with van der Waals surface area (Å²) in [5.41, 5.74) is 1.45. The molecule has 0 radical (unpaired) electrons. The van der Waals surface area contributed by atoms with E-state index < -0.39 is 0 Å². The van der Waals surface area contributed by atoms with Gasteiger partial charge in [-0.15, -0.1) is 0 Å². The van der Waals surface area contributed by atoms with E-state index >= 15 is 0 Å². The molecular formula is C20H21ClN2O3. The van der Waals surface area contributed by atoms with E-state index in [1.54, 1.807) is 18.3 Å². The first kappa shape index (κ1) is 17.2. The number of pyridine rings is 1. The van der Waals surface area contributed by atoms with Gasteiger partial charge in [0.05, 0.1) is 0 Å². The maximum absolute atomic E-state index is 12.5. The minimum atomic E-state index is -0.198. The highest BCUT2D eigenvalue weighted by Gasteiger charge is 2.37. The van der Waals surface area contributed by atoms with Crippen LogP contribution in [0.4, 0.5) is 0 Å². The average Bonchev–Trinajstić information content (AvgIpc) is 3.16. The Bertz CT molecular complexity index is 818. The third kappa shape index (κ3) is 3.36. The first-order valence-corrected chi connectivity index (χ1v) is 9.34. The molecule has 0 bridgehead atoms. The zero-order chi connectivity index (χ0) is 18.0. The van der Waals surface area contributed by atoms with Gasteiger partial charge in [0.1, 0.15) is 18.9 Å². The number of nitrogens with zero attached hydrogens (tertiary/aromatic N) is 1. The number of amides is 1. The number of halogens is 1. The van der Waals surface area contributed by atoms with Gasteiger partial charge in [0, 0.05) is 23.2 Å². The lowest BCUT2D eigenvalue weighted by Crippen LogP contribution is -2.39. The lowest BCUT2D eigenvalue weighted by atomic mass is 9.78. The fourth-order valence-electron chi connectivity index (χ4n) is 3.86. The Hall–Kier alpha value is -2.27. The first-order valence-electron chi connectivity index (χ1n) is 8.96.